The van der Waals surface area contributed by atoms with Gasteiger partial charge in [-0.05, 0) is 31.9 Å². The van der Waals surface area contributed by atoms with Gasteiger partial charge in [-0.15, -0.1) is 0 Å². The molecule has 0 N–H and O–H groups in total. The summed E-state index contributed by atoms with van der Waals surface area (Å²) in [6, 6.07) is 3.93. The van der Waals surface area contributed by atoms with Crippen molar-refractivity contribution in [3.63, 3.8) is 0 Å². The first-order valence-electron chi connectivity index (χ1n) is 7.29. The third kappa shape index (κ3) is 3.12. The van der Waals surface area contributed by atoms with Crippen LogP contribution in [-0.2, 0) is 6.54 Å². The lowest BCUT2D eigenvalue weighted by atomic mass is 10.0. The fraction of sp³-hybridized carbons (Fsp3) is 0.438. The van der Waals surface area contributed by atoms with Crippen molar-refractivity contribution >= 4 is 5.91 Å². The van der Waals surface area contributed by atoms with Gasteiger partial charge in [0.05, 0.1) is 17.3 Å². The Hall–Kier alpha value is -2.17. The Morgan fingerprint density at radius 3 is 2.71 bits per heavy atom. The molecule has 0 bridgehead atoms. The largest absolute Gasteiger partial charge is 0.335 e. The Labute approximate surface area is 125 Å². The Morgan fingerprint density at radius 1 is 1.43 bits per heavy atom. The number of hydrogen-bond donors (Lipinski definition) is 0. The fourth-order valence-corrected chi connectivity index (χ4v) is 2.53. The number of amides is 1. The van der Waals surface area contributed by atoms with Crippen LogP contribution >= 0.6 is 0 Å². The van der Waals surface area contributed by atoms with E-state index in [1.807, 2.05) is 45.4 Å². The van der Waals surface area contributed by atoms with E-state index >= 15 is 0 Å². The zero-order chi connectivity index (χ0) is 15.4. The number of carbonyl (C=O) groups is 1. The van der Waals surface area contributed by atoms with Crippen LogP contribution in [0.5, 0.6) is 0 Å². The Morgan fingerprint density at radius 2 is 2.19 bits per heavy atom. The molecule has 0 saturated carbocycles. The van der Waals surface area contributed by atoms with Gasteiger partial charge in [0, 0.05) is 32.2 Å². The summed E-state index contributed by atoms with van der Waals surface area (Å²) in [5.41, 5.74) is 2.49. The molecule has 0 spiro atoms. The molecule has 1 amide bonds. The van der Waals surface area contributed by atoms with Crippen LogP contribution in [0.4, 0.5) is 0 Å². The molecule has 0 fully saturated rings. The van der Waals surface area contributed by atoms with Crippen LogP contribution in [0.3, 0.4) is 0 Å². The second-order valence-corrected chi connectivity index (χ2v) is 5.11. The van der Waals surface area contributed by atoms with Crippen molar-refractivity contribution in [2.75, 3.05) is 7.05 Å². The van der Waals surface area contributed by atoms with Crippen molar-refractivity contribution in [3.8, 4) is 0 Å². The Balaban J connectivity index is 2.26. The fourth-order valence-electron chi connectivity index (χ4n) is 2.53. The first kappa shape index (κ1) is 15.2. The van der Waals surface area contributed by atoms with E-state index < -0.39 is 0 Å². The number of pyridine rings is 1. The molecule has 112 valence electrons. The second-order valence-electron chi connectivity index (χ2n) is 5.11. The average molecular weight is 286 g/mol. The molecule has 5 heteroatoms. The maximum atomic E-state index is 12.7. The van der Waals surface area contributed by atoms with E-state index in [0.29, 0.717) is 5.56 Å². The lowest BCUT2D eigenvalue weighted by molar-refractivity contribution is 0.0725. The van der Waals surface area contributed by atoms with E-state index in [1.165, 1.54) is 0 Å². The highest BCUT2D eigenvalue weighted by Gasteiger charge is 2.24. The molecule has 2 rings (SSSR count). The molecule has 0 radical (unpaired) electrons. The molecule has 0 aromatic carbocycles. The number of aryl methyl sites for hydroxylation is 2. The molecule has 0 saturated heterocycles. The topological polar surface area (TPSA) is 51.0 Å². The van der Waals surface area contributed by atoms with Crippen molar-refractivity contribution in [2.24, 2.45) is 0 Å². The van der Waals surface area contributed by atoms with E-state index in [9.17, 15) is 4.79 Å². The summed E-state index contributed by atoms with van der Waals surface area (Å²) in [5, 5.41) is 4.35. The molecule has 0 aliphatic carbocycles. The summed E-state index contributed by atoms with van der Waals surface area (Å²) in [5.74, 6) is 0.00269. The van der Waals surface area contributed by atoms with Crippen molar-refractivity contribution in [1.29, 1.82) is 0 Å². The van der Waals surface area contributed by atoms with E-state index in [4.69, 9.17) is 0 Å². The molecular formula is C16H22N4O. The van der Waals surface area contributed by atoms with Crippen molar-refractivity contribution in [1.82, 2.24) is 19.7 Å². The molecule has 21 heavy (non-hydrogen) atoms. The molecule has 0 aliphatic heterocycles. The number of hydrogen-bond acceptors (Lipinski definition) is 3. The number of rotatable bonds is 5. The smallest absolute Gasteiger partial charge is 0.257 e. The normalized spacial score (nSPS) is 12.2. The van der Waals surface area contributed by atoms with Crippen LogP contribution in [0.25, 0.3) is 0 Å². The van der Waals surface area contributed by atoms with Gasteiger partial charge >= 0.3 is 0 Å². The van der Waals surface area contributed by atoms with Gasteiger partial charge in [0.2, 0.25) is 0 Å². The third-order valence-corrected chi connectivity index (χ3v) is 3.74. The highest BCUT2D eigenvalue weighted by molar-refractivity contribution is 5.95. The van der Waals surface area contributed by atoms with Crippen molar-refractivity contribution in [2.45, 2.75) is 39.8 Å². The van der Waals surface area contributed by atoms with Gasteiger partial charge in [-0.1, -0.05) is 13.0 Å². The summed E-state index contributed by atoms with van der Waals surface area (Å²) >= 11 is 0. The SMILES string of the molecule is CC[C@@H](c1cccnc1)N(C)C(=O)c1cn(CC)nc1C. The maximum Gasteiger partial charge on any atom is 0.257 e. The lowest BCUT2D eigenvalue weighted by Gasteiger charge is -2.27. The van der Waals surface area contributed by atoms with E-state index in [2.05, 4.69) is 17.0 Å². The first-order valence-corrected chi connectivity index (χ1v) is 7.29. The molecule has 5 nitrogen and oxygen atoms in total. The second kappa shape index (κ2) is 6.52. The van der Waals surface area contributed by atoms with Crippen LogP contribution in [0.2, 0.25) is 0 Å². The molecule has 0 aliphatic rings. The van der Waals surface area contributed by atoms with Crippen LogP contribution in [0, 0.1) is 6.92 Å². The molecular weight excluding hydrogens is 264 g/mol. The third-order valence-electron chi connectivity index (χ3n) is 3.74. The van der Waals surface area contributed by atoms with Gasteiger partial charge in [-0.2, -0.15) is 5.10 Å². The molecule has 2 aromatic heterocycles. The summed E-state index contributed by atoms with van der Waals surface area (Å²) in [6.45, 7) is 6.72. The number of aromatic nitrogens is 3. The quantitative estimate of drug-likeness (QED) is 0.849. The van der Waals surface area contributed by atoms with Crippen LogP contribution in [-0.4, -0.2) is 32.6 Å². The van der Waals surface area contributed by atoms with E-state index in [1.54, 1.807) is 15.8 Å². The molecule has 0 unspecified atom stereocenters. The first-order chi connectivity index (χ1) is 10.1. The molecule has 2 heterocycles. The number of carbonyl (C=O) groups excluding carboxylic acids is 1. The van der Waals surface area contributed by atoms with Gasteiger partial charge < -0.3 is 4.90 Å². The zero-order valence-electron chi connectivity index (χ0n) is 13.1. The van der Waals surface area contributed by atoms with E-state index in [-0.39, 0.29) is 11.9 Å². The maximum absolute atomic E-state index is 12.7. The predicted molar refractivity (Wildman–Crippen MR) is 82.0 cm³/mol. The standard InChI is InChI=1S/C16H22N4O/c1-5-15(13-8-7-9-17-10-13)19(4)16(21)14-11-20(6-2)18-12(14)3/h7-11,15H,5-6H2,1-4H3/t15-/m0/s1. The van der Waals surface area contributed by atoms with Crippen molar-refractivity contribution in [3.05, 3.63) is 47.5 Å². The summed E-state index contributed by atoms with van der Waals surface area (Å²) in [4.78, 5) is 18.6. The summed E-state index contributed by atoms with van der Waals surface area (Å²) < 4.78 is 1.79. The minimum atomic E-state index is 0.00269. The average Bonchev–Trinajstić information content (AvgIpc) is 2.89. The Bertz CT molecular complexity index is 606. The van der Waals surface area contributed by atoms with Gasteiger partial charge in [0.1, 0.15) is 0 Å². The number of nitrogens with zero attached hydrogens (tertiary/aromatic N) is 4. The van der Waals surface area contributed by atoms with Gasteiger partial charge in [-0.25, -0.2) is 0 Å². The van der Waals surface area contributed by atoms with Crippen LogP contribution in [0.15, 0.2) is 30.7 Å². The molecule has 1 atom stereocenters. The van der Waals surface area contributed by atoms with Crippen molar-refractivity contribution < 1.29 is 4.79 Å². The molecule has 2 aromatic rings. The minimum Gasteiger partial charge on any atom is -0.335 e. The highest BCUT2D eigenvalue weighted by atomic mass is 16.2. The van der Waals surface area contributed by atoms with Crippen LogP contribution in [0.1, 0.15) is 47.9 Å². The zero-order valence-corrected chi connectivity index (χ0v) is 13.1. The lowest BCUT2D eigenvalue weighted by Crippen LogP contribution is -2.31. The summed E-state index contributed by atoms with van der Waals surface area (Å²) in [7, 11) is 1.84. The summed E-state index contributed by atoms with van der Waals surface area (Å²) in [6.07, 6.45) is 6.23. The highest BCUT2D eigenvalue weighted by Crippen LogP contribution is 2.24. The monoisotopic (exact) mass is 286 g/mol. The van der Waals surface area contributed by atoms with Crippen LogP contribution < -0.4 is 0 Å². The Kier molecular flexibility index (Phi) is 4.73. The predicted octanol–water partition coefficient (Wildman–Crippen LogP) is 2.83. The van der Waals surface area contributed by atoms with Gasteiger partial charge in [0.25, 0.3) is 5.91 Å². The van der Waals surface area contributed by atoms with E-state index in [0.717, 1.165) is 24.2 Å². The van der Waals surface area contributed by atoms with Gasteiger partial charge in [0.15, 0.2) is 0 Å². The minimum absolute atomic E-state index is 0.00269. The van der Waals surface area contributed by atoms with Gasteiger partial charge in [-0.3, -0.25) is 14.5 Å².